The van der Waals surface area contributed by atoms with Crippen LogP contribution in [-0.4, -0.2) is 29.8 Å². The van der Waals surface area contributed by atoms with Crippen molar-refractivity contribution in [1.29, 1.82) is 0 Å². The Hall–Kier alpha value is -4.33. The predicted octanol–water partition coefficient (Wildman–Crippen LogP) is 3.06. The Morgan fingerprint density at radius 1 is 1.10 bits per heavy atom. The molecule has 4 rings (SSSR count). The number of carbonyl (C=O) groups is 3. The number of fused-ring (bicyclic) bond motifs is 1. The Bertz CT molecular complexity index is 1180. The molecule has 156 valence electrons. The number of nitrogens with one attached hydrogen (secondary N) is 2. The molecule has 1 aromatic heterocycles. The van der Waals surface area contributed by atoms with Crippen LogP contribution in [0.3, 0.4) is 0 Å². The third kappa shape index (κ3) is 4.04. The van der Waals surface area contributed by atoms with Gasteiger partial charge < -0.3 is 20.8 Å². The molecular formula is C23H20N4O4. The number of primary amides is 1. The number of hydrogen-bond donors (Lipinski definition) is 3. The summed E-state index contributed by atoms with van der Waals surface area (Å²) in [4.78, 5) is 41.2. The minimum absolute atomic E-state index is 0.235. The molecule has 0 saturated heterocycles. The first-order chi connectivity index (χ1) is 15.0. The van der Waals surface area contributed by atoms with E-state index in [0.717, 1.165) is 11.3 Å². The maximum Gasteiger partial charge on any atom is 0.256 e. The van der Waals surface area contributed by atoms with Gasteiger partial charge in [0.15, 0.2) is 0 Å². The summed E-state index contributed by atoms with van der Waals surface area (Å²) in [5, 5.41) is 2.83. The lowest BCUT2D eigenvalue weighted by atomic mass is 10.0. The number of H-pyrrole nitrogens is 1. The van der Waals surface area contributed by atoms with Gasteiger partial charge in [-0.2, -0.15) is 0 Å². The number of methoxy groups -OCH3 is 1. The molecule has 0 unspecified atom stereocenters. The van der Waals surface area contributed by atoms with E-state index in [1.807, 2.05) is 12.1 Å². The van der Waals surface area contributed by atoms with E-state index in [0.29, 0.717) is 28.4 Å². The molecule has 0 atom stereocenters. The lowest BCUT2D eigenvalue weighted by molar-refractivity contribution is -0.125. The summed E-state index contributed by atoms with van der Waals surface area (Å²) in [6.07, 6.45) is 3.09. The number of nitrogens with two attached hydrogens (primary N) is 1. The van der Waals surface area contributed by atoms with Crippen LogP contribution in [0, 0.1) is 0 Å². The smallest absolute Gasteiger partial charge is 0.256 e. The zero-order valence-electron chi connectivity index (χ0n) is 16.7. The summed E-state index contributed by atoms with van der Waals surface area (Å²) < 4.78 is 5.17. The molecule has 31 heavy (non-hydrogen) atoms. The molecule has 8 nitrogen and oxygen atoms in total. The molecule has 4 N–H and O–H groups in total. The van der Waals surface area contributed by atoms with E-state index in [-0.39, 0.29) is 5.91 Å². The molecule has 0 saturated carbocycles. The van der Waals surface area contributed by atoms with Crippen LogP contribution in [0.2, 0.25) is 0 Å². The van der Waals surface area contributed by atoms with Crippen molar-refractivity contribution < 1.29 is 19.1 Å². The van der Waals surface area contributed by atoms with Crippen molar-refractivity contribution in [1.82, 2.24) is 4.98 Å². The third-order valence-corrected chi connectivity index (χ3v) is 4.87. The number of aromatic amines is 1. The van der Waals surface area contributed by atoms with Crippen molar-refractivity contribution in [2.75, 3.05) is 17.3 Å². The van der Waals surface area contributed by atoms with Gasteiger partial charge >= 0.3 is 0 Å². The summed E-state index contributed by atoms with van der Waals surface area (Å²) in [6.45, 7) is 0. The highest BCUT2D eigenvalue weighted by Crippen LogP contribution is 2.38. The van der Waals surface area contributed by atoms with Crippen molar-refractivity contribution in [3.63, 3.8) is 0 Å². The quantitative estimate of drug-likeness (QED) is 0.423. The van der Waals surface area contributed by atoms with Gasteiger partial charge in [-0.1, -0.05) is 0 Å². The molecule has 0 fully saturated rings. The third-order valence-electron chi connectivity index (χ3n) is 4.87. The summed E-state index contributed by atoms with van der Waals surface area (Å²) in [7, 11) is 1.55. The lowest BCUT2D eigenvalue weighted by Gasteiger charge is -2.23. The first kappa shape index (κ1) is 20.0. The molecule has 2 heterocycles. The number of hydrogen-bond acceptors (Lipinski definition) is 4. The average Bonchev–Trinajstić information content (AvgIpc) is 3.36. The summed E-state index contributed by atoms with van der Waals surface area (Å²) in [5.74, 6) is -0.814. The highest BCUT2D eigenvalue weighted by atomic mass is 16.5. The second-order valence-electron chi connectivity index (χ2n) is 6.94. The standard InChI is InChI=1S/C23H20N4O4/c1-31-17-7-4-15(5-8-17)27(22(29)13-21(24)28)16-6-9-18-19(11-14-3-2-10-25-14)23(30)26-20(18)12-16/h2-12,25H,13H2,1H3,(H2,24,28)(H,26,30)/b19-11-. The Labute approximate surface area is 178 Å². The Morgan fingerprint density at radius 2 is 1.84 bits per heavy atom. The van der Waals surface area contributed by atoms with Gasteiger partial charge in [0, 0.05) is 23.1 Å². The molecule has 3 aromatic rings. The van der Waals surface area contributed by atoms with E-state index in [2.05, 4.69) is 10.3 Å². The molecule has 1 aliphatic rings. The van der Waals surface area contributed by atoms with Crippen LogP contribution in [0.15, 0.2) is 60.8 Å². The van der Waals surface area contributed by atoms with Gasteiger partial charge in [0.2, 0.25) is 11.8 Å². The molecule has 0 radical (unpaired) electrons. The van der Waals surface area contributed by atoms with Crippen LogP contribution < -0.4 is 20.7 Å². The highest BCUT2D eigenvalue weighted by Gasteiger charge is 2.27. The normalized spacial score (nSPS) is 13.6. The Kier molecular flexibility index (Phi) is 5.28. The van der Waals surface area contributed by atoms with Gasteiger partial charge in [-0.15, -0.1) is 0 Å². The molecule has 0 spiro atoms. The molecule has 3 amide bonds. The fourth-order valence-corrected chi connectivity index (χ4v) is 3.45. The molecule has 0 bridgehead atoms. The van der Waals surface area contributed by atoms with Crippen molar-refractivity contribution >= 4 is 46.4 Å². The van der Waals surface area contributed by atoms with Crippen LogP contribution in [-0.2, 0) is 14.4 Å². The monoisotopic (exact) mass is 416 g/mol. The fourth-order valence-electron chi connectivity index (χ4n) is 3.45. The Morgan fingerprint density at radius 3 is 2.48 bits per heavy atom. The van der Waals surface area contributed by atoms with Gasteiger partial charge in [-0.05, 0) is 60.7 Å². The largest absolute Gasteiger partial charge is 0.497 e. The molecular weight excluding hydrogens is 396 g/mol. The maximum absolute atomic E-state index is 12.8. The SMILES string of the molecule is COc1ccc(N(C(=O)CC(N)=O)c2ccc3c(c2)NC(=O)/C3=C\c2ccc[nH]2)cc1. The van der Waals surface area contributed by atoms with Crippen molar-refractivity contribution in [3.8, 4) is 5.75 Å². The number of nitrogens with zero attached hydrogens (tertiary/aromatic N) is 1. The molecule has 2 aromatic carbocycles. The second-order valence-corrected chi connectivity index (χ2v) is 6.94. The summed E-state index contributed by atoms with van der Waals surface area (Å²) in [5.41, 5.74) is 8.91. The van der Waals surface area contributed by atoms with Crippen LogP contribution in [0.25, 0.3) is 11.6 Å². The van der Waals surface area contributed by atoms with E-state index >= 15 is 0 Å². The van der Waals surface area contributed by atoms with E-state index in [9.17, 15) is 14.4 Å². The van der Waals surface area contributed by atoms with E-state index in [1.54, 1.807) is 61.8 Å². The topological polar surface area (TPSA) is 118 Å². The lowest BCUT2D eigenvalue weighted by Crippen LogP contribution is -2.30. The van der Waals surface area contributed by atoms with Crippen LogP contribution >= 0.6 is 0 Å². The first-order valence-corrected chi connectivity index (χ1v) is 9.52. The zero-order chi connectivity index (χ0) is 22.0. The summed E-state index contributed by atoms with van der Waals surface area (Å²) >= 11 is 0. The van der Waals surface area contributed by atoms with E-state index < -0.39 is 18.2 Å². The summed E-state index contributed by atoms with van der Waals surface area (Å²) in [6, 6.07) is 15.8. The highest BCUT2D eigenvalue weighted by molar-refractivity contribution is 6.35. The van der Waals surface area contributed by atoms with Crippen LogP contribution in [0.4, 0.5) is 17.1 Å². The van der Waals surface area contributed by atoms with Gasteiger partial charge in [-0.3, -0.25) is 19.3 Å². The van der Waals surface area contributed by atoms with Gasteiger partial charge in [-0.25, -0.2) is 0 Å². The van der Waals surface area contributed by atoms with Crippen molar-refractivity contribution in [2.45, 2.75) is 6.42 Å². The maximum atomic E-state index is 12.8. The number of amides is 3. The number of rotatable bonds is 6. The number of aromatic nitrogens is 1. The number of benzene rings is 2. The second kappa shape index (κ2) is 8.19. The molecule has 8 heteroatoms. The predicted molar refractivity (Wildman–Crippen MR) is 118 cm³/mol. The first-order valence-electron chi connectivity index (χ1n) is 9.52. The number of ether oxygens (including phenoxy) is 1. The van der Waals surface area contributed by atoms with Gasteiger partial charge in [0.25, 0.3) is 5.91 Å². The van der Waals surface area contributed by atoms with Gasteiger partial charge in [0.05, 0.1) is 24.1 Å². The van der Waals surface area contributed by atoms with Gasteiger partial charge in [0.1, 0.15) is 12.2 Å². The van der Waals surface area contributed by atoms with E-state index in [4.69, 9.17) is 10.5 Å². The van der Waals surface area contributed by atoms with Crippen molar-refractivity contribution in [3.05, 3.63) is 72.1 Å². The van der Waals surface area contributed by atoms with Crippen LogP contribution in [0.5, 0.6) is 5.75 Å². The molecule has 1 aliphatic heterocycles. The van der Waals surface area contributed by atoms with Crippen LogP contribution in [0.1, 0.15) is 17.7 Å². The minimum atomic E-state index is -0.728. The number of anilines is 3. The minimum Gasteiger partial charge on any atom is -0.497 e. The molecule has 0 aliphatic carbocycles. The number of carbonyl (C=O) groups excluding carboxylic acids is 3. The van der Waals surface area contributed by atoms with E-state index in [1.165, 1.54) is 4.90 Å². The zero-order valence-corrected chi connectivity index (χ0v) is 16.7. The Balaban J connectivity index is 1.74. The average molecular weight is 416 g/mol. The fraction of sp³-hybridized carbons (Fsp3) is 0.0870. The van der Waals surface area contributed by atoms with Crippen molar-refractivity contribution in [2.24, 2.45) is 5.73 Å².